The van der Waals surface area contributed by atoms with Crippen LogP contribution in [0.4, 0.5) is 0 Å². The third kappa shape index (κ3) is 1.52. The van der Waals surface area contributed by atoms with Crippen LogP contribution in [0, 0.1) is 0 Å². The lowest BCUT2D eigenvalue weighted by Gasteiger charge is -2.40. The number of hydrogen-bond donors (Lipinski definition) is 1. The van der Waals surface area contributed by atoms with Gasteiger partial charge in [-0.2, -0.15) is 0 Å². The first-order chi connectivity index (χ1) is 7.79. The van der Waals surface area contributed by atoms with Gasteiger partial charge in [-0.25, -0.2) is 0 Å². The Labute approximate surface area is 94.8 Å². The van der Waals surface area contributed by atoms with Crippen molar-refractivity contribution in [2.24, 2.45) is 0 Å². The molecule has 3 nitrogen and oxygen atoms in total. The van der Waals surface area contributed by atoms with Gasteiger partial charge in [0, 0.05) is 6.54 Å². The first-order valence-corrected chi connectivity index (χ1v) is 5.81. The molecule has 1 atom stereocenters. The molecule has 0 amide bonds. The molecular formula is C13H15NO2. The van der Waals surface area contributed by atoms with Crippen LogP contribution < -0.4 is 10.1 Å². The molecule has 1 N–H and O–H groups in total. The smallest absolute Gasteiger partial charge is 0.170 e. The zero-order valence-electron chi connectivity index (χ0n) is 9.16. The van der Waals surface area contributed by atoms with Gasteiger partial charge in [0.2, 0.25) is 0 Å². The van der Waals surface area contributed by atoms with Gasteiger partial charge in [-0.05, 0) is 31.5 Å². The molecule has 1 fully saturated rings. The lowest BCUT2D eigenvalue weighted by molar-refractivity contribution is 0.0234. The van der Waals surface area contributed by atoms with Crippen molar-refractivity contribution in [3.63, 3.8) is 0 Å². The number of nitrogens with one attached hydrogen (secondary N) is 1. The van der Waals surface area contributed by atoms with Crippen LogP contribution in [0.1, 0.15) is 29.6 Å². The summed E-state index contributed by atoms with van der Waals surface area (Å²) in [5, 5.41) is 3.32. The third-order valence-corrected chi connectivity index (χ3v) is 3.43. The second-order valence-electron chi connectivity index (χ2n) is 4.66. The van der Waals surface area contributed by atoms with E-state index in [1.807, 2.05) is 24.3 Å². The second kappa shape index (κ2) is 3.59. The zero-order valence-corrected chi connectivity index (χ0v) is 9.16. The van der Waals surface area contributed by atoms with Gasteiger partial charge in [0.15, 0.2) is 5.78 Å². The molecule has 1 unspecified atom stereocenters. The van der Waals surface area contributed by atoms with Gasteiger partial charge in [-0.15, -0.1) is 0 Å². The van der Waals surface area contributed by atoms with Gasteiger partial charge in [0.25, 0.3) is 0 Å². The summed E-state index contributed by atoms with van der Waals surface area (Å²) < 4.78 is 6.05. The molecule has 0 bridgehead atoms. The Morgan fingerprint density at radius 3 is 3.00 bits per heavy atom. The summed E-state index contributed by atoms with van der Waals surface area (Å²) in [5.41, 5.74) is 0.447. The largest absolute Gasteiger partial charge is 0.485 e. The molecule has 1 aromatic rings. The highest BCUT2D eigenvalue weighted by Crippen LogP contribution is 2.36. The van der Waals surface area contributed by atoms with E-state index in [9.17, 15) is 4.79 Å². The minimum atomic E-state index is -0.288. The average Bonchev–Trinajstić information content (AvgIpc) is 2.30. The van der Waals surface area contributed by atoms with Crippen molar-refractivity contribution in [1.82, 2.24) is 5.32 Å². The number of carbonyl (C=O) groups excluding carboxylic acids is 1. The molecule has 3 rings (SSSR count). The number of fused-ring (bicyclic) bond motifs is 1. The van der Waals surface area contributed by atoms with Crippen molar-refractivity contribution < 1.29 is 9.53 Å². The SMILES string of the molecule is O=C1CC2(CCCNC2)Oc2ccccc21. The molecule has 1 aromatic carbocycles. The molecule has 2 aliphatic rings. The lowest BCUT2D eigenvalue weighted by Crippen LogP contribution is -2.53. The first kappa shape index (κ1) is 9.85. The Morgan fingerprint density at radius 1 is 1.31 bits per heavy atom. The maximum atomic E-state index is 12.1. The Kier molecular flexibility index (Phi) is 2.21. The fourth-order valence-electron chi connectivity index (χ4n) is 2.62. The number of para-hydroxylation sites is 1. The Morgan fingerprint density at radius 2 is 2.19 bits per heavy atom. The molecule has 1 saturated heterocycles. The second-order valence-corrected chi connectivity index (χ2v) is 4.66. The van der Waals surface area contributed by atoms with E-state index in [1.54, 1.807) is 0 Å². The minimum Gasteiger partial charge on any atom is -0.485 e. The lowest BCUT2D eigenvalue weighted by atomic mass is 9.84. The number of ketones is 1. The van der Waals surface area contributed by atoms with E-state index < -0.39 is 0 Å². The highest BCUT2D eigenvalue weighted by Gasteiger charge is 2.41. The van der Waals surface area contributed by atoms with E-state index in [0.717, 1.165) is 37.2 Å². The van der Waals surface area contributed by atoms with Gasteiger partial charge >= 0.3 is 0 Å². The van der Waals surface area contributed by atoms with Gasteiger partial charge in [-0.3, -0.25) is 4.79 Å². The van der Waals surface area contributed by atoms with Crippen molar-refractivity contribution >= 4 is 5.78 Å². The van der Waals surface area contributed by atoms with Crippen LogP contribution in [0.5, 0.6) is 5.75 Å². The van der Waals surface area contributed by atoms with Crippen molar-refractivity contribution in [3.8, 4) is 5.75 Å². The number of benzene rings is 1. The topological polar surface area (TPSA) is 38.3 Å². The predicted molar refractivity (Wildman–Crippen MR) is 60.9 cm³/mol. The maximum Gasteiger partial charge on any atom is 0.170 e. The number of carbonyl (C=O) groups is 1. The van der Waals surface area contributed by atoms with Crippen LogP contribution in [-0.2, 0) is 0 Å². The molecule has 0 aromatic heterocycles. The zero-order chi connectivity index (χ0) is 11.0. The van der Waals surface area contributed by atoms with Crippen LogP contribution in [-0.4, -0.2) is 24.5 Å². The van der Waals surface area contributed by atoms with E-state index in [-0.39, 0.29) is 11.4 Å². The maximum absolute atomic E-state index is 12.1. The van der Waals surface area contributed by atoms with Gasteiger partial charge < -0.3 is 10.1 Å². The molecular weight excluding hydrogens is 202 g/mol. The van der Waals surface area contributed by atoms with Crippen LogP contribution in [0.25, 0.3) is 0 Å². The average molecular weight is 217 g/mol. The first-order valence-electron chi connectivity index (χ1n) is 5.81. The molecule has 0 saturated carbocycles. The summed E-state index contributed by atoms with van der Waals surface area (Å²) in [6.07, 6.45) is 2.56. The molecule has 1 spiro atoms. The van der Waals surface area contributed by atoms with Crippen molar-refractivity contribution in [3.05, 3.63) is 29.8 Å². The Bertz CT molecular complexity index is 422. The molecule has 0 radical (unpaired) electrons. The molecule has 2 heterocycles. The number of Topliss-reactive ketones (excluding diaryl/α,β-unsaturated/α-hetero) is 1. The quantitative estimate of drug-likeness (QED) is 0.719. The van der Waals surface area contributed by atoms with Gasteiger partial charge in [-0.1, -0.05) is 12.1 Å². The van der Waals surface area contributed by atoms with Crippen molar-refractivity contribution in [2.45, 2.75) is 24.9 Å². The van der Waals surface area contributed by atoms with Gasteiger partial charge in [0.1, 0.15) is 11.4 Å². The summed E-state index contributed by atoms with van der Waals surface area (Å²) in [6, 6.07) is 7.54. The van der Waals surface area contributed by atoms with Crippen molar-refractivity contribution in [1.29, 1.82) is 0 Å². The summed E-state index contributed by atoms with van der Waals surface area (Å²) in [6.45, 7) is 1.81. The summed E-state index contributed by atoms with van der Waals surface area (Å²) in [4.78, 5) is 12.1. The third-order valence-electron chi connectivity index (χ3n) is 3.43. The standard InChI is InChI=1S/C13H15NO2/c15-11-8-13(6-3-7-14-9-13)16-12-5-2-1-4-10(11)12/h1-2,4-5,14H,3,6-9H2. The number of hydrogen-bond acceptors (Lipinski definition) is 3. The van der Waals surface area contributed by atoms with E-state index in [4.69, 9.17) is 4.74 Å². The highest BCUT2D eigenvalue weighted by molar-refractivity contribution is 6.00. The summed E-state index contributed by atoms with van der Waals surface area (Å²) >= 11 is 0. The van der Waals surface area contributed by atoms with E-state index in [2.05, 4.69) is 5.32 Å². The number of ether oxygens (including phenoxy) is 1. The van der Waals surface area contributed by atoms with E-state index in [1.165, 1.54) is 0 Å². The predicted octanol–water partition coefficient (Wildman–Crippen LogP) is 1.77. The molecule has 3 heteroatoms. The van der Waals surface area contributed by atoms with E-state index >= 15 is 0 Å². The van der Waals surface area contributed by atoms with Crippen LogP contribution in [0.2, 0.25) is 0 Å². The summed E-state index contributed by atoms with van der Waals surface area (Å²) in [7, 11) is 0. The van der Waals surface area contributed by atoms with Crippen LogP contribution >= 0.6 is 0 Å². The molecule has 0 aliphatic carbocycles. The Balaban J connectivity index is 1.96. The van der Waals surface area contributed by atoms with Crippen molar-refractivity contribution in [2.75, 3.05) is 13.1 Å². The van der Waals surface area contributed by atoms with Crippen LogP contribution in [0.3, 0.4) is 0 Å². The van der Waals surface area contributed by atoms with Gasteiger partial charge in [0.05, 0.1) is 12.0 Å². The fourth-order valence-corrected chi connectivity index (χ4v) is 2.62. The minimum absolute atomic E-state index is 0.213. The molecule has 2 aliphatic heterocycles. The number of rotatable bonds is 0. The molecule has 84 valence electrons. The number of piperidine rings is 1. The fraction of sp³-hybridized carbons (Fsp3) is 0.462. The van der Waals surface area contributed by atoms with Crippen LogP contribution in [0.15, 0.2) is 24.3 Å². The normalized spacial score (nSPS) is 28.6. The monoisotopic (exact) mass is 217 g/mol. The van der Waals surface area contributed by atoms with E-state index in [0.29, 0.717) is 6.42 Å². The summed E-state index contributed by atoms with van der Waals surface area (Å²) in [5.74, 6) is 0.966. The highest BCUT2D eigenvalue weighted by atomic mass is 16.5. The Hall–Kier alpha value is -1.35. The molecule has 16 heavy (non-hydrogen) atoms.